The summed E-state index contributed by atoms with van der Waals surface area (Å²) in [6.45, 7) is 5.01. The van der Waals surface area contributed by atoms with Crippen molar-refractivity contribution >= 4 is 0 Å². The molecule has 30 heavy (non-hydrogen) atoms. The molecule has 0 heterocycles. The predicted molar refractivity (Wildman–Crippen MR) is 128 cm³/mol. The smallest absolute Gasteiger partial charge is 0.131 e. The van der Waals surface area contributed by atoms with Crippen LogP contribution in [-0.4, -0.2) is 6.61 Å². The minimum atomic E-state index is -0.136. The molecular weight excluding hydrogens is 371 g/mol. The van der Waals surface area contributed by atoms with Crippen molar-refractivity contribution in [2.45, 2.75) is 84.5 Å². The average Bonchev–Trinajstić information content (AvgIpc) is 2.76. The van der Waals surface area contributed by atoms with Crippen molar-refractivity contribution in [3.8, 4) is 16.9 Å². The largest absolute Gasteiger partial charge is 0.490 e. The van der Waals surface area contributed by atoms with E-state index in [0.29, 0.717) is 12.2 Å². The summed E-state index contributed by atoms with van der Waals surface area (Å²) < 4.78 is 20.4. The molecule has 0 unspecified atom stereocenters. The molecule has 1 nitrogen and oxygen atoms in total. The van der Waals surface area contributed by atoms with Crippen LogP contribution in [0, 0.1) is 5.82 Å². The minimum Gasteiger partial charge on any atom is -0.490 e. The van der Waals surface area contributed by atoms with Gasteiger partial charge in [0.2, 0.25) is 0 Å². The summed E-state index contributed by atoms with van der Waals surface area (Å²) in [6, 6.07) is 13.4. The zero-order valence-electron chi connectivity index (χ0n) is 19.0. The summed E-state index contributed by atoms with van der Waals surface area (Å²) in [5.74, 6) is 0.679. The molecule has 2 aromatic carbocycles. The van der Waals surface area contributed by atoms with Gasteiger partial charge in [0.25, 0.3) is 0 Å². The Kier molecular flexibility index (Phi) is 11.9. The number of allylic oxidation sites excluding steroid dienone is 1. The Morgan fingerprint density at radius 1 is 0.767 bits per heavy atom. The van der Waals surface area contributed by atoms with Gasteiger partial charge in [-0.1, -0.05) is 102 Å². The van der Waals surface area contributed by atoms with Crippen LogP contribution in [-0.2, 0) is 6.42 Å². The number of halogens is 1. The molecule has 164 valence electrons. The fourth-order valence-electron chi connectivity index (χ4n) is 3.62. The molecule has 2 heteroatoms. The van der Waals surface area contributed by atoms with E-state index in [4.69, 9.17) is 4.74 Å². The first-order valence-electron chi connectivity index (χ1n) is 11.9. The van der Waals surface area contributed by atoms with E-state index in [1.807, 2.05) is 30.3 Å². The molecule has 0 aliphatic carbocycles. The Morgan fingerprint density at radius 3 is 2.17 bits per heavy atom. The second kappa shape index (κ2) is 14.8. The van der Waals surface area contributed by atoms with Gasteiger partial charge in [0.1, 0.15) is 18.2 Å². The zero-order chi connectivity index (χ0) is 21.4. The monoisotopic (exact) mass is 410 g/mol. The lowest BCUT2D eigenvalue weighted by molar-refractivity contribution is 0.362. The molecule has 0 saturated carbocycles. The van der Waals surface area contributed by atoms with Crippen LogP contribution in [0.5, 0.6) is 5.75 Å². The Morgan fingerprint density at radius 2 is 1.47 bits per heavy atom. The van der Waals surface area contributed by atoms with Gasteiger partial charge in [0.15, 0.2) is 0 Å². The highest BCUT2D eigenvalue weighted by molar-refractivity contribution is 5.65. The summed E-state index contributed by atoms with van der Waals surface area (Å²) in [5.41, 5.74) is 2.64. The fourth-order valence-corrected chi connectivity index (χ4v) is 3.62. The van der Waals surface area contributed by atoms with Gasteiger partial charge in [0, 0.05) is 5.56 Å². The van der Waals surface area contributed by atoms with Crippen molar-refractivity contribution in [3.63, 3.8) is 0 Å². The van der Waals surface area contributed by atoms with E-state index >= 15 is 0 Å². The van der Waals surface area contributed by atoms with Gasteiger partial charge in [0.05, 0.1) is 0 Å². The van der Waals surface area contributed by atoms with Crippen LogP contribution in [0.25, 0.3) is 11.1 Å². The Bertz CT molecular complexity index is 733. The van der Waals surface area contributed by atoms with Gasteiger partial charge in [-0.05, 0) is 48.6 Å². The summed E-state index contributed by atoms with van der Waals surface area (Å²) in [6.07, 6.45) is 17.7. The van der Waals surface area contributed by atoms with Crippen molar-refractivity contribution in [2.75, 3.05) is 6.61 Å². The maximum absolute atomic E-state index is 14.7. The average molecular weight is 411 g/mol. The predicted octanol–water partition coefficient (Wildman–Crippen LogP) is 8.91. The first-order chi connectivity index (χ1) is 14.7. The molecule has 0 bridgehead atoms. The third-order valence-corrected chi connectivity index (χ3v) is 5.51. The normalized spacial score (nSPS) is 11.3. The van der Waals surface area contributed by atoms with E-state index in [9.17, 15) is 4.39 Å². The van der Waals surface area contributed by atoms with Gasteiger partial charge in [-0.15, -0.1) is 0 Å². The van der Waals surface area contributed by atoms with Gasteiger partial charge in [-0.25, -0.2) is 4.39 Å². The van der Waals surface area contributed by atoms with E-state index in [2.05, 4.69) is 32.1 Å². The van der Waals surface area contributed by atoms with Crippen molar-refractivity contribution < 1.29 is 9.13 Å². The number of unbranched alkanes of at least 4 members (excludes halogenated alkanes) is 8. The molecule has 2 aromatic rings. The summed E-state index contributed by atoms with van der Waals surface area (Å²) in [7, 11) is 0. The summed E-state index contributed by atoms with van der Waals surface area (Å²) >= 11 is 0. The van der Waals surface area contributed by atoms with Crippen LogP contribution in [0.4, 0.5) is 4.39 Å². The number of rotatable bonds is 15. The van der Waals surface area contributed by atoms with Crippen molar-refractivity contribution in [3.05, 3.63) is 66.0 Å². The number of benzene rings is 2. The van der Waals surface area contributed by atoms with Gasteiger partial charge >= 0.3 is 0 Å². The number of aryl methyl sites for hydroxylation is 1. The second-order valence-electron chi connectivity index (χ2n) is 8.13. The van der Waals surface area contributed by atoms with Crippen LogP contribution in [0.2, 0.25) is 0 Å². The van der Waals surface area contributed by atoms with Crippen molar-refractivity contribution in [2.24, 2.45) is 0 Å². The maximum Gasteiger partial charge on any atom is 0.131 e. The molecule has 2 rings (SSSR count). The van der Waals surface area contributed by atoms with Crippen molar-refractivity contribution in [1.82, 2.24) is 0 Å². The summed E-state index contributed by atoms with van der Waals surface area (Å²) in [4.78, 5) is 0. The van der Waals surface area contributed by atoms with Gasteiger partial charge in [-0.2, -0.15) is 0 Å². The zero-order valence-corrected chi connectivity index (χ0v) is 19.0. The standard InChI is InChI=1S/C28H39FO/c1-3-5-7-9-10-11-13-15-24-16-21-27(28(29)23-24)25-17-19-26(20-18-25)30-22-14-12-8-6-4-2/h12,14,16-21,23H,3-11,13,15,22H2,1-2H3. The molecule has 0 aliphatic heterocycles. The number of ether oxygens (including phenoxy) is 1. The molecule has 0 fully saturated rings. The molecule has 0 radical (unpaired) electrons. The van der Waals surface area contributed by atoms with Crippen LogP contribution in [0.15, 0.2) is 54.6 Å². The Balaban J connectivity index is 1.79. The third kappa shape index (κ3) is 9.15. The minimum absolute atomic E-state index is 0.136. The fraction of sp³-hybridized carbons (Fsp3) is 0.500. The highest BCUT2D eigenvalue weighted by atomic mass is 19.1. The maximum atomic E-state index is 14.7. The van der Waals surface area contributed by atoms with E-state index in [1.165, 1.54) is 51.4 Å². The van der Waals surface area contributed by atoms with Crippen LogP contribution in [0.1, 0.15) is 83.6 Å². The Hall–Kier alpha value is -2.09. The first kappa shape index (κ1) is 24.2. The lowest BCUT2D eigenvalue weighted by Gasteiger charge is -2.08. The lowest BCUT2D eigenvalue weighted by Crippen LogP contribution is -1.94. The van der Waals surface area contributed by atoms with E-state index in [1.54, 1.807) is 6.07 Å². The third-order valence-electron chi connectivity index (χ3n) is 5.51. The first-order valence-corrected chi connectivity index (χ1v) is 11.9. The van der Waals surface area contributed by atoms with Gasteiger partial charge in [-0.3, -0.25) is 0 Å². The van der Waals surface area contributed by atoms with E-state index in [-0.39, 0.29) is 5.82 Å². The SMILES string of the molecule is CCCCC=CCOc1ccc(-c2ccc(CCCCCCCCC)cc2F)cc1. The van der Waals surface area contributed by atoms with Crippen LogP contribution < -0.4 is 4.74 Å². The highest BCUT2D eigenvalue weighted by Gasteiger charge is 2.07. The van der Waals surface area contributed by atoms with Crippen molar-refractivity contribution in [1.29, 1.82) is 0 Å². The topological polar surface area (TPSA) is 9.23 Å². The molecule has 0 aliphatic rings. The molecular formula is C28H39FO. The summed E-state index contributed by atoms with van der Waals surface area (Å²) in [5, 5.41) is 0. The number of hydrogen-bond donors (Lipinski definition) is 0. The highest BCUT2D eigenvalue weighted by Crippen LogP contribution is 2.26. The van der Waals surface area contributed by atoms with Crippen LogP contribution in [0.3, 0.4) is 0 Å². The van der Waals surface area contributed by atoms with E-state index < -0.39 is 0 Å². The van der Waals surface area contributed by atoms with Crippen LogP contribution >= 0.6 is 0 Å². The molecule has 0 saturated heterocycles. The quantitative estimate of drug-likeness (QED) is 0.210. The van der Waals surface area contributed by atoms with E-state index in [0.717, 1.165) is 36.1 Å². The van der Waals surface area contributed by atoms with Gasteiger partial charge < -0.3 is 4.74 Å². The molecule has 0 atom stereocenters. The number of hydrogen-bond acceptors (Lipinski definition) is 1. The Labute approximate surface area is 183 Å². The molecule has 0 N–H and O–H groups in total. The molecule has 0 amide bonds. The lowest BCUT2D eigenvalue weighted by atomic mass is 10.00. The molecule has 0 spiro atoms. The molecule has 0 aromatic heterocycles. The second-order valence-corrected chi connectivity index (χ2v) is 8.13.